The van der Waals surface area contributed by atoms with Gasteiger partial charge in [-0.05, 0) is 17.5 Å². The molecule has 2 aliphatic heterocycles. The second-order valence-electron chi connectivity index (χ2n) is 5.42. The molecule has 7 nitrogen and oxygen atoms in total. The van der Waals surface area contributed by atoms with E-state index in [1.807, 2.05) is 23.6 Å². The van der Waals surface area contributed by atoms with Gasteiger partial charge in [-0.15, -0.1) is 0 Å². The minimum absolute atomic E-state index is 0.0469. The molecule has 0 aliphatic carbocycles. The summed E-state index contributed by atoms with van der Waals surface area (Å²) in [4.78, 5) is 22.7. The highest BCUT2D eigenvalue weighted by Gasteiger charge is 2.27. The van der Waals surface area contributed by atoms with Gasteiger partial charge in [-0.3, -0.25) is 14.8 Å². The molecule has 4 rings (SSSR count). The van der Waals surface area contributed by atoms with Gasteiger partial charge in [0.15, 0.2) is 10.9 Å². The fourth-order valence-electron chi connectivity index (χ4n) is 2.57. The van der Waals surface area contributed by atoms with E-state index >= 15 is 0 Å². The first-order valence-corrected chi connectivity index (χ1v) is 8.48. The molecular weight excluding hydrogens is 326 g/mol. The largest absolute Gasteiger partial charge is 0.359 e. The zero-order chi connectivity index (χ0) is 16.4. The summed E-state index contributed by atoms with van der Waals surface area (Å²) in [5.74, 6) is 0.565. The molecule has 0 spiro atoms. The molecule has 2 aromatic rings. The number of nitrogens with one attached hydrogen (secondary N) is 1. The number of nitrogens with zero attached hydrogens (tertiary/aromatic N) is 4. The normalized spacial score (nSPS) is 15.9. The zero-order valence-electron chi connectivity index (χ0n) is 12.8. The van der Waals surface area contributed by atoms with Crippen molar-refractivity contribution in [1.29, 1.82) is 0 Å². The third-order valence-electron chi connectivity index (χ3n) is 3.77. The van der Waals surface area contributed by atoms with Crippen molar-refractivity contribution in [2.75, 3.05) is 13.1 Å². The molecule has 0 bridgehead atoms. The summed E-state index contributed by atoms with van der Waals surface area (Å²) in [6.45, 7) is 1.97. The molecule has 0 fully saturated rings. The van der Waals surface area contributed by atoms with E-state index in [0.717, 1.165) is 29.5 Å². The Labute approximate surface area is 142 Å². The lowest BCUT2D eigenvalue weighted by Crippen LogP contribution is -2.28. The number of amides is 1. The monoisotopic (exact) mass is 341 g/mol. The minimum atomic E-state index is -0.0469. The standard InChI is InChI=1S/C16H15N5O2S/c22-15(6-12-10-24-16-18-4-5-21(12)16)19-9-13-7-14(20-23-13)11-2-1-3-17-8-11/h1-3,7-8,10H,4-6,9H2,(H,19,22). The Morgan fingerprint density at radius 2 is 2.42 bits per heavy atom. The number of carbonyl (C=O) groups is 1. The molecule has 0 aromatic carbocycles. The van der Waals surface area contributed by atoms with Crippen molar-refractivity contribution < 1.29 is 9.32 Å². The van der Waals surface area contributed by atoms with Crippen molar-refractivity contribution >= 4 is 22.8 Å². The number of fused-ring (bicyclic) bond motifs is 1. The minimum Gasteiger partial charge on any atom is -0.359 e. The molecule has 4 heterocycles. The quantitative estimate of drug-likeness (QED) is 0.895. The van der Waals surface area contributed by atoms with E-state index in [2.05, 4.69) is 25.3 Å². The number of pyridine rings is 1. The predicted octanol–water partition coefficient (Wildman–Crippen LogP) is 2.00. The lowest BCUT2D eigenvalue weighted by Gasteiger charge is -2.15. The molecule has 2 aliphatic rings. The van der Waals surface area contributed by atoms with Crippen LogP contribution in [0.25, 0.3) is 11.3 Å². The summed E-state index contributed by atoms with van der Waals surface area (Å²) in [6, 6.07) is 5.56. The van der Waals surface area contributed by atoms with E-state index in [4.69, 9.17) is 4.52 Å². The van der Waals surface area contributed by atoms with Gasteiger partial charge in [-0.25, -0.2) is 0 Å². The SMILES string of the molecule is O=C(CC1=CSC2=NCCN12)NCc1cc(-c2cccnc2)no1. The van der Waals surface area contributed by atoms with Crippen molar-refractivity contribution in [3.8, 4) is 11.3 Å². The predicted molar refractivity (Wildman–Crippen MR) is 90.9 cm³/mol. The van der Waals surface area contributed by atoms with Crippen molar-refractivity contribution in [2.45, 2.75) is 13.0 Å². The Morgan fingerprint density at radius 1 is 1.46 bits per heavy atom. The van der Waals surface area contributed by atoms with Gasteiger partial charge in [0.25, 0.3) is 0 Å². The van der Waals surface area contributed by atoms with Crippen LogP contribution in [0.5, 0.6) is 0 Å². The van der Waals surface area contributed by atoms with E-state index in [0.29, 0.717) is 24.4 Å². The van der Waals surface area contributed by atoms with E-state index in [9.17, 15) is 4.79 Å². The smallest absolute Gasteiger partial charge is 0.226 e. The summed E-state index contributed by atoms with van der Waals surface area (Å²) in [7, 11) is 0. The molecule has 0 radical (unpaired) electrons. The molecule has 122 valence electrons. The van der Waals surface area contributed by atoms with Gasteiger partial charge in [-0.1, -0.05) is 16.9 Å². The number of thioether (sulfide) groups is 1. The molecule has 2 aromatic heterocycles. The second kappa shape index (κ2) is 6.48. The van der Waals surface area contributed by atoms with Crippen LogP contribution in [0.3, 0.4) is 0 Å². The fourth-order valence-corrected chi connectivity index (χ4v) is 3.53. The van der Waals surface area contributed by atoms with Crippen LogP contribution in [-0.4, -0.2) is 39.2 Å². The maximum atomic E-state index is 12.1. The van der Waals surface area contributed by atoms with Crippen LogP contribution < -0.4 is 5.32 Å². The van der Waals surface area contributed by atoms with Crippen molar-refractivity contribution in [1.82, 2.24) is 20.4 Å². The van der Waals surface area contributed by atoms with E-state index < -0.39 is 0 Å². The number of amidine groups is 1. The van der Waals surface area contributed by atoms with Crippen LogP contribution in [0.2, 0.25) is 0 Å². The van der Waals surface area contributed by atoms with Gasteiger partial charge in [-0.2, -0.15) is 0 Å². The highest BCUT2D eigenvalue weighted by atomic mass is 32.2. The number of hydrogen-bond donors (Lipinski definition) is 1. The molecular formula is C16H15N5O2S. The average Bonchev–Trinajstić information content (AvgIpc) is 3.32. The Kier molecular flexibility index (Phi) is 4.04. The summed E-state index contributed by atoms with van der Waals surface area (Å²) in [6.07, 6.45) is 3.77. The molecule has 0 atom stereocenters. The fraction of sp³-hybridized carbons (Fsp3) is 0.250. The number of aromatic nitrogens is 2. The average molecular weight is 341 g/mol. The number of hydrogen-bond acceptors (Lipinski definition) is 7. The lowest BCUT2D eigenvalue weighted by atomic mass is 10.2. The Balaban J connectivity index is 1.32. The first-order valence-electron chi connectivity index (χ1n) is 7.60. The molecule has 24 heavy (non-hydrogen) atoms. The number of carbonyl (C=O) groups excluding carboxylic acids is 1. The Hall–Kier alpha value is -2.61. The topological polar surface area (TPSA) is 83.6 Å². The lowest BCUT2D eigenvalue weighted by molar-refractivity contribution is -0.120. The van der Waals surface area contributed by atoms with Gasteiger partial charge in [0.2, 0.25) is 5.91 Å². The number of aliphatic imine (C=N–C) groups is 1. The van der Waals surface area contributed by atoms with Gasteiger partial charge in [0, 0.05) is 36.3 Å². The van der Waals surface area contributed by atoms with Crippen LogP contribution >= 0.6 is 11.8 Å². The van der Waals surface area contributed by atoms with Crippen LogP contribution in [0.1, 0.15) is 12.2 Å². The molecule has 0 saturated carbocycles. The van der Waals surface area contributed by atoms with Crippen molar-refractivity contribution in [3.63, 3.8) is 0 Å². The molecule has 0 unspecified atom stereocenters. The van der Waals surface area contributed by atoms with Gasteiger partial charge >= 0.3 is 0 Å². The van der Waals surface area contributed by atoms with Crippen molar-refractivity contribution in [3.05, 3.63) is 47.5 Å². The molecule has 0 saturated heterocycles. The van der Waals surface area contributed by atoms with Crippen LogP contribution in [0.4, 0.5) is 0 Å². The van der Waals surface area contributed by atoms with Gasteiger partial charge < -0.3 is 14.7 Å². The highest BCUT2D eigenvalue weighted by molar-refractivity contribution is 8.16. The highest BCUT2D eigenvalue weighted by Crippen LogP contribution is 2.30. The maximum Gasteiger partial charge on any atom is 0.226 e. The van der Waals surface area contributed by atoms with Crippen LogP contribution in [0.15, 0.2) is 51.2 Å². The third-order valence-corrected chi connectivity index (χ3v) is 4.72. The summed E-state index contributed by atoms with van der Waals surface area (Å²) in [5, 5.41) is 9.86. The number of rotatable bonds is 5. The molecule has 1 N–H and O–H groups in total. The summed E-state index contributed by atoms with van der Waals surface area (Å²) < 4.78 is 5.27. The third kappa shape index (κ3) is 3.05. The Bertz CT molecular complexity index is 815. The maximum absolute atomic E-state index is 12.1. The van der Waals surface area contributed by atoms with Gasteiger partial charge in [0.1, 0.15) is 5.69 Å². The molecule has 1 amide bonds. The first kappa shape index (κ1) is 14.9. The zero-order valence-corrected chi connectivity index (χ0v) is 13.6. The second-order valence-corrected chi connectivity index (χ2v) is 6.25. The van der Waals surface area contributed by atoms with Crippen LogP contribution in [0, 0.1) is 0 Å². The van der Waals surface area contributed by atoms with E-state index in [-0.39, 0.29) is 5.91 Å². The van der Waals surface area contributed by atoms with E-state index in [1.54, 1.807) is 24.2 Å². The summed E-state index contributed by atoms with van der Waals surface area (Å²) in [5.41, 5.74) is 2.59. The summed E-state index contributed by atoms with van der Waals surface area (Å²) >= 11 is 1.58. The van der Waals surface area contributed by atoms with Crippen molar-refractivity contribution in [2.24, 2.45) is 4.99 Å². The first-order chi connectivity index (χ1) is 11.8. The molecule has 8 heteroatoms. The van der Waals surface area contributed by atoms with Gasteiger partial charge in [0.05, 0.1) is 19.5 Å². The van der Waals surface area contributed by atoms with Crippen LogP contribution in [-0.2, 0) is 11.3 Å². The Morgan fingerprint density at radius 3 is 3.29 bits per heavy atom. The van der Waals surface area contributed by atoms with E-state index in [1.165, 1.54) is 0 Å².